The highest BCUT2D eigenvalue weighted by Gasteiger charge is 2.31. The number of hydrogen-bond donors (Lipinski definition) is 1. The zero-order valence-electron chi connectivity index (χ0n) is 20.9. The van der Waals surface area contributed by atoms with Crippen molar-refractivity contribution in [2.45, 2.75) is 59.7 Å². The van der Waals surface area contributed by atoms with E-state index in [4.69, 9.17) is 23.2 Å². The molecule has 7 nitrogen and oxygen atoms in total. The van der Waals surface area contributed by atoms with E-state index in [0.29, 0.717) is 21.3 Å². The van der Waals surface area contributed by atoms with Crippen molar-refractivity contribution in [3.8, 4) is 0 Å². The van der Waals surface area contributed by atoms with Gasteiger partial charge in [-0.05, 0) is 75.1 Å². The molecule has 1 N–H and O–H groups in total. The van der Waals surface area contributed by atoms with E-state index in [9.17, 15) is 18.0 Å². The molecule has 2 aromatic carbocycles. The number of sulfonamides is 1. The molecular weight excluding hydrogens is 509 g/mol. The largest absolute Gasteiger partial charge is 0.352 e. The fourth-order valence-electron chi connectivity index (χ4n) is 3.38. The highest BCUT2D eigenvalue weighted by atomic mass is 35.5. The quantitative estimate of drug-likeness (QED) is 0.471. The Hall–Kier alpha value is -2.29. The lowest BCUT2D eigenvalue weighted by atomic mass is 10.1. The van der Waals surface area contributed by atoms with Crippen LogP contribution in [0.15, 0.2) is 36.4 Å². The molecule has 0 spiro atoms. The first-order chi connectivity index (χ1) is 16.2. The van der Waals surface area contributed by atoms with Gasteiger partial charge in [0.2, 0.25) is 21.8 Å². The Morgan fingerprint density at radius 2 is 1.69 bits per heavy atom. The summed E-state index contributed by atoms with van der Waals surface area (Å²) in [5.41, 5.74) is 2.87. The molecule has 192 valence electrons. The molecule has 0 fully saturated rings. The first-order valence-corrected chi connectivity index (χ1v) is 13.9. The van der Waals surface area contributed by atoms with Crippen LogP contribution in [0, 0.1) is 13.8 Å². The van der Waals surface area contributed by atoms with E-state index in [0.717, 1.165) is 28.1 Å². The standard InChI is InChI=1S/C25H33Cl2N3O4S/c1-7-18(4)28-25(32)19(5)29(14-20-9-10-21(26)13-23(20)27)24(31)15-30(35(6,33)34)22-11-8-16(2)17(3)12-22/h8-13,18-19H,7,14-15H2,1-6H3,(H,28,32). The van der Waals surface area contributed by atoms with Gasteiger partial charge < -0.3 is 10.2 Å². The lowest BCUT2D eigenvalue weighted by Gasteiger charge is -2.32. The lowest BCUT2D eigenvalue weighted by Crippen LogP contribution is -2.52. The van der Waals surface area contributed by atoms with Crippen LogP contribution in [0.25, 0.3) is 0 Å². The van der Waals surface area contributed by atoms with Crippen LogP contribution in [0.3, 0.4) is 0 Å². The Morgan fingerprint density at radius 1 is 1.03 bits per heavy atom. The molecule has 0 aliphatic heterocycles. The molecule has 0 saturated carbocycles. The van der Waals surface area contributed by atoms with Crippen molar-refractivity contribution < 1.29 is 18.0 Å². The van der Waals surface area contributed by atoms with Gasteiger partial charge in [-0.3, -0.25) is 13.9 Å². The van der Waals surface area contributed by atoms with Crippen molar-refractivity contribution in [3.63, 3.8) is 0 Å². The molecule has 2 atom stereocenters. The number of nitrogens with one attached hydrogen (secondary N) is 1. The molecule has 0 aliphatic carbocycles. The number of carbonyl (C=O) groups is 2. The number of halogens is 2. The van der Waals surface area contributed by atoms with E-state index in [1.54, 1.807) is 43.3 Å². The van der Waals surface area contributed by atoms with E-state index in [-0.39, 0.29) is 18.5 Å². The summed E-state index contributed by atoms with van der Waals surface area (Å²) in [5.74, 6) is -0.874. The molecule has 2 aromatic rings. The zero-order valence-corrected chi connectivity index (χ0v) is 23.3. The molecule has 0 bridgehead atoms. The van der Waals surface area contributed by atoms with Gasteiger partial charge in [-0.1, -0.05) is 42.3 Å². The highest BCUT2D eigenvalue weighted by Crippen LogP contribution is 2.25. The van der Waals surface area contributed by atoms with Crippen LogP contribution < -0.4 is 9.62 Å². The van der Waals surface area contributed by atoms with E-state index < -0.39 is 28.5 Å². The normalized spacial score (nSPS) is 13.1. The van der Waals surface area contributed by atoms with Crippen LogP contribution in [-0.2, 0) is 26.2 Å². The maximum atomic E-state index is 13.6. The summed E-state index contributed by atoms with van der Waals surface area (Å²) >= 11 is 12.4. The molecule has 2 amide bonds. The molecule has 0 radical (unpaired) electrons. The van der Waals surface area contributed by atoms with Crippen molar-refractivity contribution in [1.29, 1.82) is 0 Å². The van der Waals surface area contributed by atoms with Crippen molar-refractivity contribution in [2.75, 3.05) is 17.1 Å². The van der Waals surface area contributed by atoms with E-state index >= 15 is 0 Å². The van der Waals surface area contributed by atoms with Crippen LogP contribution in [0.4, 0.5) is 5.69 Å². The molecule has 0 heterocycles. The van der Waals surface area contributed by atoms with Gasteiger partial charge in [0.15, 0.2) is 0 Å². The maximum Gasteiger partial charge on any atom is 0.244 e. The third-order valence-electron chi connectivity index (χ3n) is 5.98. The maximum absolute atomic E-state index is 13.6. The fraction of sp³-hybridized carbons (Fsp3) is 0.440. The Kier molecular flexibility index (Phi) is 10.0. The molecule has 0 saturated heterocycles. The first kappa shape index (κ1) is 28.9. The minimum atomic E-state index is -3.79. The highest BCUT2D eigenvalue weighted by molar-refractivity contribution is 7.92. The second-order valence-corrected chi connectivity index (χ2v) is 11.5. The number of rotatable bonds is 10. The zero-order chi connectivity index (χ0) is 26.5. The number of anilines is 1. The third-order valence-corrected chi connectivity index (χ3v) is 7.71. The number of nitrogens with zero attached hydrogens (tertiary/aromatic N) is 2. The number of amides is 2. The average molecular weight is 543 g/mol. The van der Waals surface area contributed by atoms with Gasteiger partial charge in [-0.15, -0.1) is 0 Å². The second-order valence-electron chi connectivity index (χ2n) is 8.79. The smallest absolute Gasteiger partial charge is 0.244 e. The van der Waals surface area contributed by atoms with Gasteiger partial charge in [0.25, 0.3) is 0 Å². The van der Waals surface area contributed by atoms with Crippen molar-refractivity contribution in [3.05, 3.63) is 63.1 Å². The van der Waals surface area contributed by atoms with Crippen molar-refractivity contribution >= 4 is 50.7 Å². The summed E-state index contributed by atoms with van der Waals surface area (Å²) in [7, 11) is -3.79. The van der Waals surface area contributed by atoms with Crippen LogP contribution in [-0.4, -0.2) is 50.0 Å². The van der Waals surface area contributed by atoms with E-state index in [2.05, 4.69) is 5.32 Å². The Balaban J connectivity index is 2.44. The SMILES string of the molecule is CCC(C)NC(=O)C(C)N(Cc1ccc(Cl)cc1Cl)C(=O)CN(c1ccc(C)c(C)c1)S(C)(=O)=O. The first-order valence-electron chi connectivity index (χ1n) is 11.3. The summed E-state index contributed by atoms with van der Waals surface area (Å²) in [5, 5.41) is 3.67. The Labute approximate surface area is 218 Å². The van der Waals surface area contributed by atoms with E-state index in [1.807, 2.05) is 27.7 Å². The minimum absolute atomic E-state index is 0.00839. The summed E-state index contributed by atoms with van der Waals surface area (Å²) < 4.78 is 26.4. The van der Waals surface area contributed by atoms with Gasteiger partial charge in [0, 0.05) is 22.6 Å². The van der Waals surface area contributed by atoms with Gasteiger partial charge in [-0.25, -0.2) is 8.42 Å². The van der Waals surface area contributed by atoms with Crippen LogP contribution in [0.1, 0.15) is 43.9 Å². The van der Waals surface area contributed by atoms with Gasteiger partial charge >= 0.3 is 0 Å². The number of hydrogen-bond acceptors (Lipinski definition) is 4. The molecule has 0 aromatic heterocycles. The van der Waals surface area contributed by atoms with Crippen molar-refractivity contribution in [1.82, 2.24) is 10.2 Å². The summed E-state index contributed by atoms with van der Waals surface area (Å²) in [6.07, 6.45) is 1.78. The van der Waals surface area contributed by atoms with Gasteiger partial charge in [0.05, 0.1) is 11.9 Å². The topological polar surface area (TPSA) is 86.8 Å². The summed E-state index contributed by atoms with van der Waals surface area (Å²) in [6.45, 7) is 8.77. The van der Waals surface area contributed by atoms with Crippen LogP contribution >= 0.6 is 23.2 Å². The number of aryl methyl sites for hydroxylation is 2. The lowest BCUT2D eigenvalue weighted by molar-refractivity contribution is -0.139. The average Bonchev–Trinajstić information content (AvgIpc) is 2.77. The molecular formula is C25H33Cl2N3O4S. The number of carbonyl (C=O) groups excluding carboxylic acids is 2. The second kappa shape index (κ2) is 12.1. The summed E-state index contributed by atoms with van der Waals surface area (Å²) in [4.78, 5) is 27.9. The Bertz CT molecular complexity index is 1190. The van der Waals surface area contributed by atoms with Crippen LogP contribution in [0.5, 0.6) is 0 Å². The molecule has 35 heavy (non-hydrogen) atoms. The molecule has 10 heteroatoms. The van der Waals surface area contributed by atoms with Gasteiger partial charge in [-0.2, -0.15) is 0 Å². The fourth-order valence-corrected chi connectivity index (χ4v) is 4.69. The predicted molar refractivity (Wildman–Crippen MR) is 142 cm³/mol. The minimum Gasteiger partial charge on any atom is -0.352 e. The van der Waals surface area contributed by atoms with Crippen LogP contribution in [0.2, 0.25) is 10.0 Å². The monoisotopic (exact) mass is 541 g/mol. The molecule has 2 unspecified atom stereocenters. The van der Waals surface area contributed by atoms with Gasteiger partial charge in [0.1, 0.15) is 12.6 Å². The molecule has 0 aliphatic rings. The van der Waals surface area contributed by atoms with E-state index in [1.165, 1.54) is 4.90 Å². The number of benzene rings is 2. The predicted octanol–water partition coefficient (Wildman–Crippen LogP) is 4.71. The third kappa shape index (κ3) is 7.85. The van der Waals surface area contributed by atoms with Crippen molar-refractivity contribution in [2.24, 2.45) is 0 Å². The summed E-state index contributed by atoms with van der Waals surface area (Å²) in [6, 6.07) is 9.13. The Morgan fingerprint density at radius 3 is 2.23 bits per heavy atom. The molecule has 2 rings (SSSR count).